The van der Waals surface area contributed by atoms with Crippen LogP contribution in [0, 0.1) is 20.8 Å². The number of methoxy groups -OCH3 is 1. The number of aromatic nitrogens is 1. The van der Waals surface area contributed by atoms with Gasteiger partial charge in [0.2, 0.25) is 0 Å². The smallest absolute Gasteiger partial charge is 0.355 e. The van der Waals surface area contributed by atoms with Crippen molar-refractivity contribution in [1.29, 1.82) is 0 Å². The Morgan fingerprint density at radius 1 is 1.07 bits per heavy atom. The zero-order chi connectivity index (χ0) is 20.0. The number of ether oxygens (including phenoxy) is 2. The predicted octanol–water partition coefficient (Wildman–Crippen LogP) is 2.24. The van der Waals surface area contributed by atoms with E-state index >= 15 is 0 Å². The van der Waals surface area contributed by atoms with Gasteiger partial charge in [0.15, 0.2) is 6.61 Å². The number of aromatic amines is 1. The van der Waals surface area contributed by atoms with E-state index in [1.54, 1.807) is 13.8 Å². The van der Waals surface area contributed by atoms with E-state index in [-0.39, 0.29) is 11.6 Å². The second kappa shape index (κ2) is 9.02. The molecule has 0 aliphatic heterocycles. The Bertz CT molecular complexity index is 854. The minimum atomic E-state index is -0.695. The van der Waals surface area contributed by atoms with Crippen LogP contribution in [0.5, 0.6) is 0 Å². The lowest BCUT2D eigenvalue weighted by molar-refractivity contribution is -0.124. The molecule has 1 aromatic heterocycles. The van der Waals surface area contributed by atoms with E-state index in [1.807, 2.05) is 31.2 Å². The number of benzene rings is 1. The van der Waals surface area contributed by atoms with Gasteiger partial charge < -0.3 is 19.8 Å². The maximum atomic E-state index is 12.2. The van der Waals surface area contributed by atoms with Crippen molar-refractivity contribution in [1.82, 2.24) is 10.3 Å². The highest BCUT2D eigenvalue weighted by atomic mass is 16.5. The van der Waals surface area contributed by atoms with Crippen LogP contribution < -0.4 is 5.32 Å². The van der Waals surface area contributed by atoms with Crippen LogP contribution in [0.25, 0.3) is 0 Å². The molecule has 0 aliphatic carbocycles. The highest BCUT2D eigenvalue weighted by molar-refractivity contribution is 5.99. The fraction of sp³-hybridized carbons (Fsp3) is 0.350. The number of carbonyl (C=O) groups excluding carboxylic acids is 3. The van der Waals surface area contributed by atoms with Crippen LogP contribution in [-0.4, -0.2) is 43.1 Å². The standard InChI is InChI=1S/C20H24N2O5/c1-12-7-5-6-8-15(12)9-10-21-16(23)11-27-20(25)18-13(2)17(14(3)22-18)19(24)26-4/h5-8,22H,9-11H2,1-4H3,(H,21,23). The van der Waals surface area contributed by atoms with Crippen molar-refractivity contribution in [3.8, 4) is 0 Å². The Labute approximate surface area is 158 Å². The van der Waals surface area contributed by atoms with E-state index < -0.39 is 18.5 Å². The highest BCUT2D eigenvalue weighted by Crippen LogP contribution is 2.19. The van der Waals surface area contributed by atoms with E-state index in [2.05, 4.69) is 10.3 Å². The van der Waals surface area contributed by atoms with E-state index in [0.29, 0.717) is 29.8 Å². The van der Waals surface area contributed by atoms with Gasteiger partial charge in [0, 0.05) is 12.2 Å². The van der Waals surface area contributed by atoms with Crippen LogP contribution in [0.1, 0.15) is 43.2 Å². The molecule has 0 bridgehead atoms. The number of aryl methyl sites for hydroxylation is 2. The first-order chi connectivity index (χ1) is 12.8. The molecule has 27 heavy (non-hydrogen) atoms. The van der Waals surface area contributed by atoms with Gasteiger partial charge in [0.25, 0.3) is 5.91 Å². The van der Waals surface area contributed by atoms with E-state index in [9.17, 15) is 14.4 Å². The van der Waals surface area contributed by atoms with Gasteiger partial charge in [-0.2, -0.15) is 0 Å². The summed E-state index contributed by atoms with van der Waals surface area (Å²) >= 11 is 0. The topological polar surface area (TPSA) is 97.5 Å². The molecule has 1 heterocycles. The summed E-state index contributed by atoms with van der Waals surface area (Å²) in [5.41, 5.74) is 3.70. The van der Waals surface area contributed by atoms with Crippen molar-refractivity contribution >= 4 is 17.8 Å². The number of hydrogen-bond acceptors (Lipinski definition) is 5. The maximum absolute atomic E-state index is 12.2. The lowest BCUT2D eigenvalue weighted by Crippen LogP contribution is -2.30. The summed E-state index contributed by atoms with van der Waals surface area (Å²) in [5, 5.41) is 2.72. The fourth-order valence-electron chi connectivity index (χ4n) is 2.84. The molecular formula is C20H24N2O5. The van der Waals surface area contributed by atoms with Gasteiger partial charge in [-0.25, -0.2) is 9.59 Å². The summed E-state index contributed by atoms with van der Waals surface area (Å²) in [5.74, 6) is -1.61. The minimum absolute atomic E-state index is 0.139. The van der Waals surface area contributed by atoms with Crippen LogP contribution in [0.15, 0.2) is 24.3 Å². The van der Waals surface area contributed by atoms with Crippen molar-refractivity contribution in [2.24, 2.45) is 0 Å². The van der Waals surface area contributed by atoms with Crippen LogP contribution in [0.3, 0.4) is 0 Å². The van der Waals surface area contributed by atoms with Crippen LogP contribution in [0.2, 0.25) is 0 Å². The molecular weight excluding hydrogens is 348 g/mol. The number of H-pyrrole nitrogens is 1. The molecule has 1 amide bonds. The van der Waals surface area contributed by atoms with Gasteiger partial charge in [-0.3, -0.25) is 4.79 Å². The first-order valence-electron chi connectivity index (χ1n) is 8.61. The highest BCUT2D eigenvalue weighted by Gasteiger charge is 2.23. The Morgan fingerprint density at radius 3 is 2.44 bits per heavy atom. The van der Waals surface area contributed by atoms with E-state index in [4.69, 9.17) is 9.47 Å². The Hall–Kier alpha value is -3.09. The first-order valence-corrected chi connectivity index (χ1v) is 8.61. The third-order valence-corrected chi connectivity index (χ3v) is 4.34. The van der Waals surface area contributed by atoms with Crippen molar-refractivity contribution in [2.75, 3.05) is 20.3 Å². The molecule has 1 aromatic carbocycles. The Kier molecular flexibility index (Phi) is 6.76. The number of amides is 1. The average molecular weight is 372 g/mol. The van der Waals surface area contributed by atoms with Crippen LogP contribution >= 0.6 is 0 Å². The average Bonchev–Trinajstić information content (AvgIpc) is 2.95. The molecule has 2 N–H and O–H groups in total. The zero-order valence-electron chi connectivity index (χ0n) is 16.0. The zero-order valence-corrected chi connectivity index (χ0v) is 16.0. The van der Waals surface area contributed by atoms with Gasteiger partial charge in [0.05, 0.1) is 12.7 Å². The molecule has 0 saturated heterocycles. The van der Waals surface area contributed by atoms with Gasteiger partial charge in [0.1, 0.15) is 5.69 Å². The molecule has 2 rings (SSSR count). The lowest BCUT2D eigenvalue weighted by atomic mass is 10.1. The number of nitrogens with one attached hydrogen (secondary N) is 2. The molecule has 0 atom stereocenters. The SMILES string of the molecule is COC(=O)c1c(C)[nH]c(C(=O)OCC(=O)NCCc2ccccc2C)c1C. The second-order valence-corrected chi connectivity index (χ2v) is 6.22. The molecule has 0 saturated carbocycles. The van der Waals surface area contributed by atoms with Gasteiger partial charge in [-0.1, -0.05) is 24.3 Å². The largest absolute Gasteiger partial charge is 0.465 e. The Balaban J connectivity index is 1.86. The molecule has 144 valence electrons. The number of esters is 2. The number of hydrogen-bond donors (Lipinski definition) is 2. The van der Waals surface area contributed by atoms with E-state index in [0.717, 1.165) is 11.1 Å². The fourth-order valence-corrected chi connectivity index (χ4v) is 2.84. The minimum Gasteiger partial charge on any atom is -0.465 e. The summed E-state index contributed by atoms with van der Waals surface area (Å²) in [6.45, 7) is 5.36. The van der Waals surface area contributed by atoms with Crippen LogP contribution in [-0.2, 0) is 20.7 Å². The third-order valence-electron chi connectivity index (χ3n) is 4.34. The molecule has 7 heteroatoms. The molecule has 0 aliphatic rings. The van der Waals surface area contributed by atoms with Crippen molar-refractivity contribution in [3.63, 3.8) is 0 Å². The Morgan fingerprint density at radius 2 is 1.78 bits per heavy atom. The van der Waals surface area contributed by atoms with Gasteiger partial charge in [-0.05, 0) is 43.9 Å². The van der Waals surface area contributed by atoms with Crippen LogP contribution in [0.4, 0.5) is 0 Å². The van der Waals surface area contributed by atoms with Gasteiger partial charge in [-0.15, -0.1) is 0 Å². The predicted molar refractivity (Wildman–Crippen MR) is 99.8 cm³/mol. The van der Waals surface area contributed by atoms with E-state index in [1.165, 1.54) is 7.11 Å². The monoisotopic (exact) mass is 372 g/mol. The molecule has 7 nitrogen and oxygen atoms in total. The second-order valence-electron chi connectivity index (χ2n) is 6.22. The molecule has 0 spiro atoms. The van der Waals surface area contributed by atoms with Crippen molar-refractivity contribution in [3.05, 3.63) is 57.9 Å². The summed E-state index contributed by atoms with van der Waals surface area (Å²) in [6, 6.07) is 7.95. The number of rotatable bonds is 7. The third kappa shape index (κ3) is 4.97. The molecule has 0 unspecified atom stereocenters. The lowest BCUT2D eigenvalue weighted by Gasteiger charge is -2.08. The summed E-state index contributed by atoms with van der Waals surface area (Å²) in [6.07, 6.45) is 0.698. The quantitative estimate of drug-likeness (QED) is 0.727. The normalized spacial score (nSPS) is 10.4. The number of carbonyl (C=O) groups is 3. The molecule has 2 aromatic rings. The van der Waals surface area contributed by atoms with Crippen molar-refractivity contribution < 1.29 is 23.9 Å². The van der Waals surface area contributed by atoms with Crippen molar-refractivity contribution in [2.45, 2.75) is 27.2 Å². The molecule has 0 radical (unpaired) electrons. The molecule has 0 fully saturated rings. The van der Waals surface area contributed by atoms with Gasteiger partial charge >= 0.3 is 11.9 Å². The maximum Gasteiger partial charge on any atom is 0.355 e. The first kappa shape index (κ1) is 20.2. The summed E-state index contributed by atoms with van der Waals surface area (Å²) < 4.78 is 9.75. The summed E-state index contributed by atoms with van der Waals surface area (Å²) in [4.78, 5) is 38.7. The summed E-state index contributed by atoms with van der Waals surface area (Å²) in [7, 11) is 1.27.